The van der Waals surface area contributed by atoms with Crippen LogP contribution in [0.2, 0.25) is 0 Å². The van der Waals surface area contributed by atoms with Gasteiger partial charge in [-0.2, -0.15) is 4.68 Å². The predicted octanol–water partition coefficient (Wildman–Crippen LogP) is 2.61. The SMILES string of the molecule is Cc1ccccc1C(=O)n1nc(N)c2ccc(N3CCCC3)nc21. The van der Waals surface area contributed by atoms with Gasteiger partial charge in [-0.3, -0.25) is 4.79 Å². The minimum absolute atomic E-state index is 0.208. The molecule has 0 amide bonds. The third-order valence-corrected chi connectivity index (χ3v) is 4.54. The Bertz CT molecular complexity index is 924. The molecule has 0 radical (unpaired) electrons. The zero-order chi connectivity index (χ0) is 16.7. The highest BCUT2D eigenvalue weighted by Gasteiger charge is 2.20. The van der Waals surface area contributed by atoms with Crippen molar-refractivity contribution in [3.8, 4) is 0 Å². The smallest absolute Gasteiger partial charge is 0.280 e. The zero-order valence-electron chi connectivity index (χ0n) is 13.6. The fourth-order valence-corrected chi connectivity index (χ4v) is 3.20. The Morgan fingerprint density at radius 3 is 2.62 bits per heavy atom. The summed E-state index contributed by atoms with van der Waals surface area (Å²) in [6.45, 7) is 3.90. The number of hydrogen-bond donors (Lipinski definition) is 1. The molecule has 6 heteroatoms. The molecule has 0 unspecified atom stereocenters. The van der Waals surface area contributed by atoms with E-state index >= 15 is 0 Å². The summed E-state index contributed by atoms with van der Waals surface area (Å²) in [6.07, 6.45) is 2.34. The van der Waals surface area contributed by atoms with Crippen LogP contribution < -0.4 is 10.6 Å². The van der Waals surface area contributed by atoms with Crippen LogP contribution in [0.4, 0.5) is 11.6 Å². The van der Waals surface area contributed by atoms with Crippen molar-refractivity contribution in [2.24, 2.45) is 0 Å². The molecule has 1 aliphatic heterocycles. The summed E-state index contributed by atoms with van der Waals surface area (Å²) in [5.74, 6) is 0.993. The molecule has 3 heterocycles. The first-order valence-corrected chi connectivity index (χ1v) is 8.15. The second-order valence-corrected chi connectivity index (χ2v) is 6.15. The summed E-state index contributed by atoms with van der Waals surface area (Å²) in [7, 11) is 0. The Morgan fingerprint density at radius 2 is 1.88 bits per heavy atom. The summed E-state index contributed by atoms with van der Waals surface area (Å²) >= 11 is 0. The van der Waals surface area contributed by atoms with Crippen LogP contribution in [-0.4, -0.2) is 33.8 Å². The van der Waals surface area contributed by atoms with Gasteiger partial charge < -0.3 is 10.6 Å². The molecule has 3 aromatic rings. The summed E-state index contributed by atoms with van der Waals surface area (Å²) in [6, 6.07) is 11.3. The van der Waals surface area contributed by atoms with E-state index in [4.69, 9.17) is 5.73 Å². The Labute approximate surface area is 139 Å². The number of aromatic nitrogens is 3. The van der Waals surface area contributed by atoms with E-state index in [-0.39, 0.29) is 5.91 Å². The molecule has 0 bridgehead atoms. The van der Waals surface area contributed by atoms with Crippen LogP contribution in [0.1, 0.15) is 28.8 Å². The van der Waals surface area contributed by atoms with E-state index in [1.54, 1.807) is 6.07 Å². The number of nitrogens with zero attached hydrogens (tertiary/aromatic N) is 4. The third kappa shape index (κ3) is 2.31. The number of carbonyl (C=O) groups excluding carboxylic acids is 1. The lowest BCUT2D eigenvalue weighted by Crippen LogP contribution is -2.20. The van der Waals surface area contributed by atoms with Gasteiger partial charge in [0.05, 0.1) is 5.39 Å². The van der Waals surface area contributed by atoms with Crippen LogP contribution in [0.3, 0.4) is 0 Å². The van der Waals surface area contributed by atoms with Crippen LogP contribution >= 0.6 is 0 Å². The molecule has 122 valence electrons. The molecule has 2 aromatic heterocycles. The normalized spacial score (nSPS) is 14.5. The highest BCUT2D eigenvalue weighted by Crippen LogP contribution is 2.25. The number of nitrogens with two attached hydrogens (primary N) is 1. The molecule has 0 saturated carbocycles. The number of anilines is 2. The van der Waals surface area contributed by atoms with Crippen molar-refractivity contribution in [2.45, 2.75) is 19.8 Å². The Kier molecular flexibility index (Phi) is 3.45. The van der Waals surface area contributed by atoms with Crippen LogP contribution in [0.25, 0.3) is 11.0 Å². The van der Waals surface area contributed by atoms with Gasteiger partial charge in [-0.25, -0.2) is 4.98 Å². The summed E-state index contributed by atoms with van der Waals surface area (Å²) in [5.41, 5.74) is 8.03. The number of rotatable bonds is 2. The van der Waals surface area contributed by atoms with Gasteiger partial charge in [-0.1, -0.05) is 18.2 Å². The molecule has 0 aliphatic carbocycles. The Hall–Kier alpha value is -2.89. The lowest BCUT2D eigenvalue weighted by Gasteiger charge is -2.16. The van der Waals surface area contributed by atoms with Gasteiger partial charge in [-0.15, -0.1) is 5.10 Å². The molecular formula is C18H19N5O. The van der Waals surface area contributed by atoms with Crippen molar-refractivity contribution in [1.82, 2.24) is 14.8 Å². The fraction of sp³-hybridized carbons (Fsp3) is 0.278. The van der Waals surface area contributed by atoms with E-state index in [9.17, 15) is 4.79 Å². The van der Waals surface area contributed by atoms with Gasteiger partial charge in [0, 0.05) is 18.7 Å². The topological polar surface area (TPSA) is 77.0 Å². The quantitative estimate of drug-likeness (QED) is 0.785. The summed E-state index contributed by atoms with van der Waals surface area (Å²) in [4.78, 5) is 19.8. The molecule has 1 aromatic carbocycles. The summed E-state index contributed by atoms with van der Waals surface area (Å²) in [5, 5.41) is 4.95. The van der Waals surface area contributed by atoms with Crippen LogP contribution in [-0.2, 0) is 0 Å². The average molecular weight is 321 g/mol. The molecule has 0 spiro atoms. The number of carbonyl (C=O) groups is 1. The van der Waals surface area contributed by atoms with Gasteiger partial charge in [0.1, 0.15) is 5.82 Å². The van der Waals surface area contributed by atoms with Crippen LogP contribution in [0, 0.1) is 6.92 Å². The monoisotopic (exact) mass is 321 g/mol. The molecular weight excluding hydrogens is 302 g/mol. The first kappa shape index (κ1) is 14.7. The van der Waals surface area contributed by atoms with Gasteiger partial charge >= 0.3 is 0 Å². The van der Waals surface area contributed by atoms with E-state index in [1.807, 2.05) is 37.3 Å². The first-order chi connectivity index (χ1) is 11.6. The minimum atomic E-state index is -0.208. The lowest BCUT2D eigenvalue weighted by molar-refractivity contribution is 0.0949. The van der Waals surface area contributed by atoms with Crippen molar-refractivity contribution in [2.75, 3.05) is 23.7 Å². The number of fused-ring (bicyclic) bond motifs is 1. The molecule has 6 nitrogen and oxygen atoms in total. The zero-order valence-corrected chi connectivity index (χ0v) is 13.6. The van der Waals surface area contributed by atoms with Gasteiger partial charge in [0.25, 0.3) is 5.91 Å². The maximum absolute atomic E-state index is 12.9. The molecule has 4 rings (SSSR count). The molecule has 2 N–H and O–H groups in total. The minimum Gasteiger partial charge on any atom is -0.382 e. The maximum Gasteiger partial charge on any atom is 0.280 e. The molecule has 24 heavy (non-hydrogen) atoms. The average Bonchev–Trinajstić information content (AvgIpc) is 3.23. The van der Waals surface area contributed by atoms with E-state index in [2.05, 4.69) is 15.0 Å². The van der Waals surface area contributed by atoms with Gasteiger partial charge in [0.2, 0.25) is 0 Å². The van der Waals surface area contributed by atoms with Crippen molar-refractivity contribution in [1.29, 1.82) is 0 Å². The number of aryl methyl sites for hydroxylation is 1. The lowest BCUT2D eigenvalue weighted by atomic mass is 10.1. The van der Waals surface area contributed by atoms with Crippen molar-refractivity contribution >= 4 is 28.6 Å². The predicted molar refractivity (Wildman–Crippen MR) is 94.3 cm³/mol. The van der Waals surface area contributed by atoms with Crippen molar-refractivity contribution in [3.05, 3.63) is 47.5 Å². The number of pyridine rings is 1. The molecule has 1 saturated heterocycles. The number of benzene rings is 1. The van der Waals surface area contributed by atoms with E-state index in [0.29, 0.717) is 22.4 Å². The summed E-state index contributed by atoms with van der Waals surface area (Å²) < 4.78 is 1.33. The number of hydrogen-bond acceptors (Lipinski definition) is 5. The molecule has 0 atom stereocenters. The highest BCUT2D eigenvalue weighted by atomic mass is 16.2. The van der Waals surface area contributed by atoms with Crippen LogP contribution in [0.15, 0.2) is 36.4 Å². The Morgan fingerprint density at radius 1 is 1.12 bits per heavy atom. The van der Waals surface area contributed by atoms with Crippen molar-refractivity contribution in [3.63, 3.8) is 0 Å². The molecule has 1 fully saturated rings. The van der Waals surface area contributed by atoms with Gasteiger partial charge in [0.15, 0.2) is 11.5 Å². The second kappa shape index (κ2) is 5.63. The third-order valence-electron chi connectivity index (χ3n) is 4.54. The van der Waals surface area contributed by atoms with Gasteiger partial charge in [-0.05, 0) is 43.5 Å². The highest BCUT2D eigenvalue weighted by molar-refractivity contribution is 6.03. The number of nitrogen functional groups attached to an aromatic ring is 1. The standard InChI is InChI=1S/C18H19N5O/c1-12-6-2-3-7-13(12)18(24)23-17-14(16(19)21-23)8-9-15(20-17)22-10-4-5-11-22/h2-3,6-9H,4-5,10-11H2,1H3,(H2,19,21). The first-order valence-electron chi connectivity index (χ1n) is 8.15. The Balaban J connectivity index is 1.84. The van der Waals surface area contributed by atoms with Crippen LogP contribution in [0.5, 0.6) is 0 Å². The maximum atomic E-state index is 12.9. The fourth-order valence-electron chi connectivity index (χ4n) is 3.20. The van der Waals surface area contributed by atoms with E-state index < -0.39 is 0 Å². The molecule has 1 aliphatic rings. The van der Waals surface area contributed by atoms with Crippen molar-refractivity contribution < 1.29 is 4.79 Å². The van der Waals surface area contributed by atoms with E-state index in [1.165, 1.54) is 17.5 Å². The second-order valence-electron chi connectivity index (χ2n) is 6.15. The largest absolute Gasteiger partial charge is 0.382 e. The van der Waals surface area contributed by atoms with E-state index in [0.717, 1.165) is 24.5 Å².